The molecule has 1 spiro atoms. The number of amides is 1. The van der Waals surface area contributed by atoms with Crippen LogP contribution in [0.4, 0.5) is 4.39 Å². The number of halogens is 2. The summed E-state index contributed by atoms with van der Waals surface area (Å²) in [6.07, 6.45) is 4.52. The molecule has 1 saturated carbocycles. The van der Waals surface area contributed by atoms with Crippen molar-refractivity contribution in [3.8, 4) is 5.00 Å². The number of nitrogens with zero attached hydrogens (tertiary/aromatic N) is 4. The van der Waals surface area contributed by atoms with E-state index >= 15 is 0 Å². The Hall–Kier alpha value is -3.36. The monoisotopic (exact) mass is 557 g/mol. The van der Waals surface area contributed by atoms with Crippen molar-refractivity contribution in [2.75, 3.05) is 0 Å². The smallest absolute Gasteiger partial charge is 0.224 e. The van der Waals surface area contributed by atoms with Crippen molar-refractivity contribution >= 4 is 34.6 Å². The molecule has 3 aliphatic carbocycles. The third-order valence-electron chi connectivity index (χ3n) is 8.71. The van der Waals surface area contributed by atoms with E-state index in [1.807, 2.05) is 37.3 Å². The summed E-state index contributed by atoms with van der Waals surface area (Å²) in [4.78, 5) is 20.1. The Morgan fingerprint density at radius 3 is 2.79 bits per heavy atom. The first kappa shape index (κ1) is 23.5. The zero-order chi connectivity index (χ0) is 26.5. The topological polar surface area (TPSA) is 72.2 Å². The van der Waals surface area contributed by atoms with Crippen molar-refractivity contribution in [2.45, 2.75) is 57.0 Å². The maximum Gasteiger partial charge on any atom is 0.224 e. The van der Waals surface area contributed by atoms with Crippen molar-refractivity contribution in [1.29, 1.82) is 0 Å². The molecule has 1 amide bonds. The van der Waals surface area contributed by atoms with Crippen molar-refractivity contribution in [3.05, 3.63) is 97.6 Å². The largest absolute Gasteiger partial charge is 0.349 e. The minimum Gasteiger partial charge on any atom is -0.349 e. The highest BCUT2D eigenvalue weighted by molar-refractivity contribution is 7.15. The summed E-state index contributed by atoms with van der Waals surface area (Å²) in [6, 6.07) is 12.9. The van der Waals surface area contributed by atoms with E-state index in [-0.39, 0.29) is 29.2 Å². The van der Waals surface area contributed by atoms with E-state index in [9.17, 15) is 9.18 Å². The van der Waals surface area contributed by atoms with E-state index in [1.54, 1.807) is 17.4 Å². The van der Waals surface area contributed by atoms with Crippen molar-refractivity contribution in [2.24, 2.45) is 10.9 Å². The predicted octanol–water partition coefficient (Wildman–Crippen LogP) is 5.79. The van der Waals surface area contributed by atoms with Gasteiger partial charge in [-0.1, -0.05) is 41.9 Å². The van der Waals surface area contributed by atoms with Crippen LogP contribution in [0.25, 0.3) is 5.00 Å². The molecule has 2 atom stereocenters. The molecule has 0 bridgehead atoms. The lowest BCUT2D eigenvalue weighted by Gasteiger charge is -2.18. The Labute approximate surface area is 234 Å². The van der Waals surface area contributed by atoms with Gasteiger partial charge in [0.15, 0.2) is 5.82 Å². The summed E-state index contributed by atoms with van der Waals surface area (Å²) < 4.78 is 16.4. The number of carbonyl (C=O) groups excluding carboxylic acids is 1. The minimum absolute atomic E-state index is 0.0268. The van der Waals surface area contributed by atoms with Crippen LogP contribution in [0.2, 0.25) is 5.02 Å². The van der Waals surface area contributed by atoms with Gasteiger partial charge in [-0.15, -0.1) is 21.5 Å². The van der Waals surface area contributed by atoms with E-state index < -0.39 is 0 Å². The Bertz CT molecular complexity index is 1730. The number of nitrogens with one attached hydrogen (secondary N) is 1. The van der Waals surface area contributed by atoms with E-state index in [0.29, 0.717) is 24.3 Å². The van der Waals surface area contributed by atoms with Crippen LogP contribution < -0.4 is 5.32 Å². The lowest BCUT2D eigenvalue weighted by atomic mass is 9.97. The standard InChI is InChI=1S/C30H25ClFN5OS/c1-15-35-36-29-30(11-12-30)34-26(19-5-2-3-7-21(19)31)25-20-13-16(14-24(20)39-28(25)37(15)29)27(38)33-23-10-9-17-18(23)6-4-8-22(17)32/h2-8,16,23H,9-14H2,1H3,(H,33,38)/t16-,23-/m0/s1. The second-order valence-corrected chi connectivity index (χ2v) is 12.6. The number of thiophene rings is 1. The quantitative estimate of drug-likeness (QED) is 0.347. The number of benzene rings is 2. The Kier molecular flexibility index (Phi) is 5.02. The fourth-order valence-electron chi connectivity index (χ4n) is 6.59. The molecule has 1 N–H and O–H groups in total. The SMILES string of the molecule is Cc1nnc2n1-c1sc3c(c1C(c1ccccc1Cl)=NC21CC1)C[C@H](C(=O)N[C@H]1CCc2c(F)cccc21)C3. The molecule has 2 aromatic heterocycles. The fraction of sp³-hybridized carbons (Fsp3) is 0.333. The molecule has 1 aliphatic heterocycles. The molecule has 1 fully saturated rings. The summed E-state index contributed by atoms with van der Waals surface area (Å²) >= 11 is 8.46. The summed E-state index contributed by atoms with van der Waals surface area (Å²) in [5.41, 5.74) is 5.26. The molecule has 2 aromatic carbocycles. The number of fused-ring (bicyclic) bond motifs is 7. The van der Waals surface area contributed by atoms with Crippen molar-refractivity contribution in [3.63, 3.8) is 0 Å². The summed E-state index contributed by atoms with van der Waals surface area (Å²) in [5.74, 6) is 1.40. The van der Waals surface area contributed by atoms with E-state index in [1.165, 1.54) is 16.5 Å². The van der Waals surface area contributed by atoms with Gasteiger partial charge in [0.1, 0.15) is 22.2 Å². The Morgan fingerprint density at radius 1 is 1.13 bits per heavy atom. The number of aromatic nitrogens is 3. The molecule has 0 saturated heterocycles. The van der Waals surface area contributed by atoms with Crippen LogP contribution in [0.5, 0.6) is 0 Å². The summed E-state index contributed by atoms with van der Waals surface area (Å²) in [5, 5.41) is 14.0. The second-order valence-electron chi connectivity index (χ2n) is 11.1. The molecule has 39 heavy (non-hydrogen) atoms. The molecule has 0 unspecified atom stereocenters. The Morgan fingerprint density at radius 2 is 1.97 bits per heavy atom. The van der Waals surface area contributed by atoms with E-state index in [0.717, 1.165) is 63.9 Å². The summed E-state index contributed by atoms with van der Waals surface area (Å²) in [7, 11) is 0. The van der Waals surface area contributed by atoms with Gasteiger partial charge >= 0.3 is 0 Å². The normalized spacial score (nSPS) is 21.6. The third kappa shape index (κ3) is 3.44. The highest BCUT2D eigenvalue weighted by Crippen LogP contribution is 2.54. The predicted molar refractivity (Wildman–Crippen MR) is 148 cm³/mol. The Balaban J connectivity index is 1.18. The van der Waals surface area contributed by atoms with Crippen LogP contribution in [-0.4, -0.2) is 26.4 Å². The number of hydrogen-bond donors (Lipinski definition) is 1. The van der Waals surface area contributed by atoms with Crippen molar-refractivity contribution < 1.29 is 9.18 Å². The maximum atomic E-state index is 14.3. The van der Waals surface area contributed by atoms with Crippen LogP contribution in [0.1, 0.15) is 69.6 Å². The number of aryl methyl sites for hydroxylation is 1. The molecular weight excluding hydrogens is 533 g/mol. The lowest BCUT2D eigenvalue weighted by molar-refractivity contribution is -0.125. The summed E-state index contributed by atoms with van der Waals surface area (Å²) in [6.45, 7) is 1.99. The van der Waals surface area contributed by atoms with Crippen LogP contribution in [-0.2, 0) is 29.6 Å². The van der Waals surface area contributed by atoms with Gasteiger partial charge in [0.05, 0.1) is 11.8 Å². The van der Waals surface area contributed by atoms with Gasteiger partial charge < -0.3 is 5.32 Å². The molecule has 4 aromatic rings. The van der Waals surface area contributed by atoms with Gasteiger partial charge in [-0.05, 0) is 74.3 Å². The van der Waals surface area contributed by atoms with Gasteiger partial charge in [-0.2, -0.15) is 0 Å². The highest BCUT2D eigenvalue weighted by Gasteiger charge is 2.52. The van der Waals surface area contributed by atoms with Crippen LogP contribution in [0, 0.1) is 18.7 Å². The average Bonchev–Trinajstić information content (AvgIpc) is 3.22. The van der Waals surface area contributed by atoms with Crippen LogP contribution in [0.15, 0.2) is 47.5 Å². The molecule has 3 heterocycles. The third-order valence-corrected chi connectivity index (χ3v) is 10.3. The van der Waals surface area contributed by atoms with E-state index in [4.69, 9.17) is 16.6 Å². The molecule has 6 nitrogen and oxygen atoms in total. The van der Waals surface area contributed by atoms with Gasteiger partial charge in [0, 0.05) is 26.9 Å². The van der Waals surface area contributed by atoms with E-state index in [2.05, 4.69) is 20.1 Å². The zero-order valence-electron chi connectivity index (χ0n) is 21.3. The first-order chi connectivity index (χ1) is 18.9. The maximum absolute atomic E-state index is 14.3. The molecule has 9 heteroatoms. The van der Waals surface area contributed by atoms with Gasteiger partial charge in [-0.25, -0.2) is 4.39 Å². The molecule has 4 aliphatic rings. The molecule has 8 rings (SSSR count). The first-order valence-electron chi connectivity index (χ1n) is 13.4. The number of hydrogen-bond acceptors (Lipinski definition) is 5. The van der Waals surface area contributed by atoms with Gasteiger partial charge in [0.25, 0.3) is 0 Å². The lowest BCUT2D eigenvalue weighted by Crippen LogP contribution is -2.33. The van der Waals surface area contributed by atoms with Crippen molar-refractivity contribution in [1.82, 2.24) is 20.1 Å². The van der Waals surface area contributed by atoms with Crippen LogP contribution in [0.3, 0.4) is 0 Å². The van der Waals surface area contributed by atoms with Crippen LogP contribution >= 0.6 is 22.9 Å². The number of carbonyl (C=O) groups is 1. The van der Waals surface area contributed by atoms with Gasteiger partial charge in [-0.3, -0.25) is 14.4 Å². The van der Waals surface area contributed by atoms with Gasteiger partial charge in [0.2, 0.25) is 5.91 Å². The highest BCUT2D eigenvalue weighted by atomic mass is 35.5. The number of rotatable bonds is 3. The fourth-order valence-corrected chi connectivity index (χ4v) is 8.27. The minimum atomic E-state index is -0.387. The number of aliphatic imine (C=N–C) groups is 1. The molecule has 196 valence electrons. The second kappa shape index (κ2) is 8.32. The molecule has 0 radical (unpaired) electrons. The molecular formula is C30H25ClFN5OS. The zero-order valence-corrected chi connectivity index (χ0v) is 22.9. The first-order valence-corrected chi connectivity index (χ1v) is 14.6. The average molecular weight is 558 g/mol.